The van der Waals surface area contributed by atoms with E-state index in [2.05, 4.69) is 10.3 Å². The molecule has 5 nitrogen and oxygen atoms in total. The molecule has 0 fully saturated rings. The Morgan fingerprint density at radius 2 is 2.00 bits per heavy atom. The summed E-state index contributed by atoms with van der Waals surface area (Å²) in [7, 11) is 0. The number of hydrogen-bond donors (Lipinski definition) is 2. The van der Waals surface area contributed by atoms with E-state index >= 15 is 0 Å². The summed E-state index contributed by atoms with van der Waals surface area (Å²) in [5.74, 6) is 2.35. The molecule has 2 aromatic rings. The Hall–Kier alpha value is -2.01. The molecule has 0 radical (unpaired) electrons. The third-order valence-corrected chi connectivity index (χ3v) is 3.05. The van der Waals surface area contributed by atoms with Crippen LogP contribution in [0.25, 0.3) is 10.8 Å². The zero-order valence-corrected chi connectivity index (χ0v) is 10.6. The van der Waals surface area contributed by atoms with Crippen molar-refractivity contribution < 1.29 is 14.6 Å². The molecule has 1 aromatic heterocycles. The van der Waals surface area contributed by atoms with Crippen LogP contribution in [0.5, 0.6) is 11.5 Å². The van der Waals surface area contributed by atoms with Gasteiger partial charge in [0.05, 0.1) is 0 Å². The molecule has 0 unspecified atom stereocenters. The van der Waals surface area contributed by atoms with Crippen molar-refractivity contribution in [1.29, 1.82) is 0 Å². The maximum Gasteiger partial charge on any atom is 0.162 e. The van der Waals surface area contributed by atoms with E-state index in [1.807, 2.05) is 18.2 Å². The molecule has 0 aliphatic carbocycles. The minimum atomic E-state index is 0.171. The molecular formula is C14H16N2O3. The van der Waals surface area contributed by atoms with Crippen LogP contribution in [0, 0.1) is 0 Å². The van der Waals surface area contributed by atoms with Gasteiger partial charge in [-0.15, -0.1) is 0 Å². The Morgan fingerprint density at radius 1 is 1.21 bits per heavy atom. The second-order valence-electron chi connectivity index (χ2n) is 4.38. The minimum absolute atomic E-state index is 0.171. The van der Waals surface area contributed by atoms with E-state index in [4.69, 9.17) is 14.6 Å². The van der Waals surface area contributed by atoms with Gasteiger partial charge < -0.3 is 19.9 Å². The fraction of sp³-hybridized carbons (Fsp3) is 0.357. The molecule has 1 aromatic carbocycles. The summed E-state index contributed by atoms with van der Waals surface area (Å²) in [4.78, 5) is 4.34. The summed E-state index contributed by atoms with van der Waals surface area (Å²) in [5, 5.41) is 14.1. The second kappa shape index (κ2) is 5.32. The van der Waals surface area contributed by atoms with Crippen molar-refractivity contribution in [1.82, 2.24) is 4.98 Å². The molecule has 3 rings (SSSR count). The Kier molecular flexibility index (Phi) is 3.37. The number of hydrogen-bond acceptors (Lipinski definition) is 5. The Balaban J connectivity index is 1.98. The van der Waals surface area contributed by atoms with Crippen molar-refractivity contribution in [3.8, 4) is 11.5 Å². The highest BCUT2D eigenvalue weighted by Crippen LogP contribution is 2.36. The van der Waals surface area contributed by atoms with E-state index in [9.17, 15) is 0 Å². The molecule has 1 aliphatic rings. The van der Waals surface area contributed by atoms with E-state index in [0.29, 0.717) is 26.2 Å². The monoisotopic (exact) mass is 260 g/mol. The zero-order chi connectivity index (χ0) is 13.1. The molecule has 0 saturated heterocycles. The quantitative estimate of drug-likeness (QED) is 0.821. The number of fused-ring (bicyclic) bond motifs is 2. The molecule has 0 bridgehead atoms. The lowest BCUT2D eigenvalue weighted by Gasteiger charge is -2.19. The van der Waals surface area contributed by atoms with Gasteiger partial charge in [-0.25, -0.2) is 4.98 Å². The van der Waals surface area contributed by atoms with Crippen LogP contribution in [0.3, 0.4) is 0 Å². The lowest BCUT2D eigenvalue weighted by molar-refractivity contribution is 0.172. The Morgan fingerprint density at radius 3 is 2.79 bits per heavy atom. The van der Waals surface area contributed by atoms with Gasteiger partial charge in [0.25, 0.3) is 0 Å². The molecule has 2 heterocycles. The molecule has 1 aliphatic heterocycles. The van der Waals surface area contributed by atoms with Crippen molar-refractivity contribution in [2.24, 2.45) is 0 Å². The molecule has 100 valence electrons. The van der Waals surface area contributed by atoms with Crippen LogP contribution in [0.1, 0.15) is 6.42 Å². The maximum absolute atomic E-state index is 8.82. The van der Waals surface area contributed by atoms with Crippen LogP contribution in [0.15, 0.2) is 24.4 Å². The first-order chi connectivity index (χ1) is 9.38. The third-order valence-electron chi connectivity index (χ3n) is 3.05. The van der Waals surface area contributed by atoms with Crippen LogP contribution in [-0.2, 0) is 0 Å². The fourth-order valence-electron chi connectivity index (χ4n) is 2.14. The van der Waals surface area contributed by atoms with Gasteiger partial charge in [-0.3, -0.25) is 0 Å². The summed E-state index contributed by atoms with van der Waals surface area (Å²) in [6.45, 7) is 2.03. The largest absolute Gasteiger partial charge is 0.486 e. The number of aromatic nitrogens is 1. The minimum Gasteiger partial charge on any atom is -0.486 e. The highest BCUT2D eigenvalue weighted by Gasteiger charge is 2.14. The van der Waals surface area contributed by atoms with Gasteiger partial charge in [-0.2, -0.15) is 0 Å². The van der Waals surface area contributed by atoms with Gasteiger partial charge in [0.2, 0.25) is 0 Å². The van der Waals surface area contributed by atoms with E-state index in [0.717, 1.165) is 28.1 Å². The summed E-state index contributed by atoms with van der Waals surface area (Å²) < 4.78 is 11.2. The first-order valence-electron chi connectivity index (χ1n) is 6.41. The van der Waals surface area contributed by atoms with Gasteiger partial charge in [-0.05, 0) is 30.0 Å². The first-order valence-corrected chi connectivity index (χ1v) is 6.41. The van der Waals surface area contributed by atoms with Gasteiger partial charge >= 0.3 is 0 Å². The fourth-order valence-corrected chi connectivity index (χ4v) is 2.14. The number of nitrogens with one attached hydrogen (secondary N) is 1. The van der Waals surface area contributed by atoms with Crippen molar-refractivity contribution in [2.45, 2.75) is 6.42 Å². The van der Waals surface area contributed by atoms with Crippen LogP contribution < -0.4 is 14.8 Å². The average Bonchev–Trinajstić information content (AvgIpc) is 2.46. The van der Waals surface area contributed by atoms with Crippen LogP contribution >= 0.6 is 0 Å². The first kappa shape index (κ1) is 12.0. The van der Waals surface area contributed by atoms with Crippen molar-refractivity contribution in [3.63, 3.8) is 0 Å². The normalized spacial score (nSPS) is 13.5. The zero-order valence-electron chi connectivity index (χ0n) is 10.6. The number of rotatable bonds is 4. The SMILES string of the molecule is OCCCNc1nccc2cc3c(cc12)OCCO3. The lowest BCUT2D eigenvalue weighted by atomic mass is 10.1. The summed E-state index contributed by atoms with van der Waals surface area (Å²) >= 11 is 0. The molecule has 0 atom stereocenters. The number of aliphatic hydroxyl groups excluding tert-OH is 1. The molecule has 0 saturated carbocycles. The molecule has 0 amide bonds. The smallest absolute Gasteiger partial charge is 0.162 e. The molecule has 19 heavy (non-hydrogen) atoms. The number of benzene rings is 1. The van der Waals surface area contributed by atoms with Crippen molar-refractivity contribution in [2.75, 3.05) is 31.7 Å². The van der Waals surface area contributed by atoms with Crippen LogP contribution in [0.2, 0.25) is 0 Å². The van der Waals surface area contributed by atoms with E-state index in [1.54, 1.807) is 6.20 Å². The number of pyridine rings is 1. The van der Waals surface area contributed by atoms with E-state index < -0.39 is 0 Å². The number of nitrogens with zero attached hydrogens (tertiary/aromatic N) is 1. The highest BCUT2D eigenvalue weighted by molar-refractivity contribution is 5.94. The Bertz CT molecular complexity index is 586. The highest BCUT2D eigenvalue weighted by atomic mass is 16.6. The van der Waals surface area contributed by atoms with E-state index in [1.165, 1.54) is 0 Å². The second-order valence-corrected chi connectivity index (χ2v) is 4.38. The molecule has 5 heteroatoms. The summed E-state index contributed by atoms with van der Waals surface area (Å²) in [6, 6.07) is 5.88. The Labute approximate surface area is 111 Å². The van der Waals surface area contributed by atoms with Gasteiger partial charge in [-0.1, -0.05) is 0 Å². The van der Waals surface area contributed by atoms with Crippen molar-refractivity contribution in [3.05, 3.63) is 24.4 Å². The summed E-state index contributed by atoms with van der Waals surface area (Å²) in [6.07, 6.45) is 2.46. The third kappa shape index (κ3) is 2.42. The van der Waals surface area contributed by atoms with Crippen LogP contribution in [-0.4, -0.2) is 36.5 Å². The van der Waals surface area contributed by atoms with Gasteiger partial charge in [0.1, 0.15) is 19.0 Å². The van der Waals surface area contributed by atoms with Gasteiger partial charge in [0, 0.05) is 24.7 Å². The van der Waals surface area contributed by atoms with Crippen LogP contribution in [0.4, 0.5) is 5.82 Å². The predicted molar refractivity (Wildman–Crippen MR) is 72.9 cm³/mol. The standard InChI is InChI=1S/C14H16N2O3/c17-5-1-3-15-14-11-9-13-12(18-6-7-19-13)8-10(11)2-4-16-14/h2,4,8-9,17H,1,3,5-7H2,(H,15,16). The predicted octanol–water partition coefficient (Wildman–Crippen LogP) is 1.80. The molecular weight excluding hydrogens is 244 g/mol. The maximum atomic E-state index is 8.82. The van der Waals surface area contributed by atoms with E-state index in [-0.39, 0.29) is 6.61 Å². The number of aliphatic hydroxyl groups is 1. The van der Waals surface area contributed by atoms with Crippen molar-refractivity contribution >= 4 is 16.6 Å². The summed E-state index contributed by atoms with van der Waals surface area (Å²) in [5.41, 5.74) is 0. The average molecular weight is 260 g/mol. The molecule has 0 spiro atoms. The number of ether oxygens (including phenoxy) is 2. The lowest BCUT2D eigenvalue weighted by Crippen LogP contribution is -2.15. The topological polar surface area (TPSA) is 63.6 Å². The number of anilines is 1. The van der Waals surface area contributed by atoms with Gasteiger partial charge in [0.15, 0.2) is 11.5 Å². The molecule has 2 N–H and O–H groups in total.